The Balaban J connectivity index is 1.50. The van der Waals surface area contributed by atoms with E-state index in [1.54, 1.807) is 11.8 Å². The van der Waals surface area contributed by atoms with Crippen molar-refractivity contribution in [3.8, 4) is 0 Å². The van der Waals surface area contributed by atoms with Gasteiger partial charge in [-0.05, 0) is 69.3 Å². The van der Waals surface area contributed by atoms with E-state index in [0.29, 0.717) is 5.56 Å². The highest BCUT2D eigenvalue weighted by Crippen LogP contribution is 2.45. The minimum atomic E-state index is -1.17. The van der Waals surface area contributed by atoms with E-state index in [4.69, 9.17) is 9.72 Å². The molecule has 3 aliphatic rings. The molecular weight excluding hydrogens is 438 g/mol. The molecule has 8 heteroatoms. The van der Waals surface area contributed by atoms with Crippen LogP contribution in [0.4, 0.5) is 10.6 Å². The highest BCUT2D eigenvalue weighted by molar-refractivity contribution is 7.99. The van der Waals surface area contributed by atoms with Gasteiger partial charge in [0.05, 0.1) is 5.56 Å². The largest absolute Gasteiger partial charge is 0.506 e. The number of nitrogens with one attached hydrogen (secondary N) is 1. The van der Waals surface area contributed by atoms with Crippen LogP contribution in [-0.4, -0.2) is 52.6 Å². The number of carboxylic acid groups (broad SMARTS) is 1. The molecule has 2 saturated carbocycles. The average molecular weight is 476 g/mol. The molecule has 4 rings (SSSR count). The fraction of sp³-hybridized carbons (Fsp3) is 0.720. The monoisotopic (exact) mass is 475 g/mol. The maximum Gasteiger partial charge on any atom is 0.506 e. The lowest BCUT2D eigenvalue weighted by atomic mass is 9.68. The molecule has 1 saturated heterocycles. The van der Waals surface area contributed by atoms with Gasteiger partial charge in [0.1, 0.15) is 16.4 Å². The van der Waals surface area contributed by atoms with E-state index >= 15 is 0 Å². The number of thioether (sulfide) groups is 1. The van der Waals surface area contributed by atoms with Gasteiger partial charge < -0.3 is 20.1 Å². The predicted octanol–water partition coefficient (Wildman–Crippen LogP) is 5.48. The molecule has 0 aromatic carbocycles. The Hall–Kier alpha value is -1.96. The summed E-state index contributed by atoms with van der Waals surface area (Å²) in [6.07, 6.45) is 10.2. The van der Waals surface area contributed by atoms with Crippen LogP contribution in [0.5, 0.6) is 0 Å². The van der Waals surface area contributed by atoms with Crippen molar-refractivity contribution < 1.29 is 19.4 Å². The Kier molecular flexibility index (Phi) is 8.04. The quantitative estimate of drug-likeness (QED) is 0.380. The van der Waals surface area contributed by atoms with Crippen molar-refractivity contribution in [2.75, 3.05) is 23.7 Å². The maximum atomic E-state index is 13.1. The Labute approximate surface area is 201 Å². The van der Waals surface area contributed by atoms with E-state index in [-0.39, 0.29) is 17.9 Å². The number of aromatic nitrogens is 1. The molecule has 7 nitrogen and oxygen atoms in total. The number of nitrogens with zero attached hydrogens (tertiary/aromatic N) is 2. The molecule has 0 spiro atoms. The molecule has 33 heavy (non-hydrogen) atoms. The summed E-state index contributed by atoms with van der Waals surface area (Å²) in [5, 5.41) is 13.3. The fourth-order valence-electron chi connectivity index (χ4n) is 5.51. The van der Waals surface area contributed by atoms with Gasteiger partial charge in [0, 0.05) is 25.0 Å². The molecule has 182 valence electrons. The van der Waals surface area contributed by atoms with Crippen molar-refractivity contribution >= 4 is 29.6 Å². The lowest BCUT2D eigenvalue weighted by Crippen LogP contribution is -2.54. The van der Waals surface area contributed by atoms with E-state index in [1.807, 2.05) is 12.1 Å². The van der Waals surface area contributed by atoms with Crippen molar-refractivity contribution in [2.24, 2.45) is 5.92 Å². The van der Waals surface area contributed by atoms with Crippen molar-refractivity contribution in [3.63, 3.8) is 0 Å². The van der Waals surface area contributed by atoms with E-state index in [2.05, 4.69) is 17.1 Å². The molecule has 3 fully saturated rings. The molecular formula is C25H37N3O4S. The van der Waals surface area contributed by atoms with Crippen LogP contribution in [0.15, 0.2) is 17.2 Å². The summed E-state index contributed by atoms with van der Waals surface area (Å²) in [6.45, 7) is 3.76. The number of piperidine rings is 1. The average Bonchev–Trinajstić information content (AvgIpc) is 2.80. The van der Waals surface area contributed by atoms with E-state index in [0.717, 1.165) is 81.1 Å². The summed E-state index contributed by atoms with van der Waals surface area (Å²) >= 11 is 1.64. The van der Waals surface area contributed by atoms with Crippen LogP contribution in [0.1, 0.15) is 87.9 Å². The summed E-state index contributed by atoms with van der Waals surface area (Å²) in [5.74, 6) is 1.95. The minimum absolute atomic E-state index is 0.0145. The smallest absolute Gasteiger partial charge is 0.450 e. The normalized spacial score (nSPS) is 22.9. The standard InChI is InChI=1S/C25H37N3O4S/c1-2-16-33-23-20(22(29)26-19-9-4-3-5-10-19)11-12-21(27-23)28-15-6-8-18(17-28)25(13-7-14-25)32-24(30)31/h11-12,18-19H,2-10,13-17H2,1H3,(H,26,29)(H,30,31). The second-order valence-electron chi connectivity index (χ2n) is 9.75. The zero-order valence-corrected chi connectivity index (χ0v) is 20.5. The molecule has 1 unspecified atom stereocenters. The van der Waals surface area contributed by atoms with Crippen LogP contribution in [0.3, 0.4) is 0 Å². The lowest BCUT2D eigenvalue weighted by Gasteiger charge is -2.49. The third-order valence-electron chi connectivity index (χ3n) is 7.45. The van der Waals surface area contributed by atoms with Crippen molar-refractivity contribution in [1.29, 1.82) is 0 Å². The number of rotatable bonds is 8. The van der Waals surface area contributed by atoms with Gasteiger partial charge in [-0.1, -0.05) is 26.2 Å². The van der Waals surface area contributed by atoms with Crippen LogP contribution in [0.25, 0.3) is 0 Å². The number of anilines is 1. The molecule has 0 radical (unpaired) electrons. The third-order valence-corrected chi connectivity index (χ3v) is 8.65. The third kappa shape index (κ3) is 5.76. The molecule has 1 atom stereocenters. The zero-order valence-electron chi connectivity index (χ0n) is 19.7. The first-order valence-electron chi connectivity index (χ1n) is 12.6. The predicted molar refractivity (Wildman–Crippen MR) is 130 cm³/mol. The van der Waals surface area contributed by atoms with Crippen LogP contribution < -0.4 is 10.2 Å². The highest BCUT2D eigenvalue weighted by Gasteiger charge is 2.49. The van der Waals surface area contributed by atoms with Gasteiger partial charge >= 0.3 is 6.16 Å². The van der Waals surface area contributed by atoms with Gasteiger partial charge in [0.2, 0.25) is 0 Å². The summed E-state index contributed by atoms with van der Waals surface area (Å²) in [6, 6.07) is 4.15. The van der Waals surface area contributed by atoms with Gasteiger partial charge in [-0.25, -0.2) is 9.78 Å². The topological polar surface area (TPSA) is 91.8 Å². The van der Waals surface area contributed by atoms with Gasteiger partial charge in [-0.2, -0.15) is 0 Å². The van der Waals surface area contributed by atoms with Gasteiger partial charge in [0.15, 0.2) is 0 Å². The summed E-state index contributed by atoms with van der Waals surface area (Å²) in [7, 11) is 0. The van der Waals surface area contributed by atoms with E-state index < -0.39 is 11.8 Å². The van der Waals surface area contributed by atoms with Crippen molar-refractivity contribution in [1.82, 2.24) is 10.3 Å². The summed E-state index contributed by atoms with van der Waals surface area (Å²) in [4.78, 5) is 31.6. The second-order valence-corrected chi connectivity index (χ2v) is 10.8. The molecule has 2 aliphatic carbocycles. The fourth-order valence-corrected chi connectivity index (χ4v) is 6.38. The molecule has 1 amide bonds. The minimum Gasteiger partial charge on any atom is -0.450 e. The second kappa shape index (κ2) is 11.0. The first-order valence-corrected chi connectivity index (χ1v) is 13.6. The Morgan fingerprint density at radius 1 is 1.18 bits per heavy atom. The number of carbonyl (C=O) groups excluding carboxylic acids is 1. The number of ether oxygens (including phenoxy) is 1. The Morgan fingerprint density at radius 2 is 1.97 bits per heavy atom. The van der Waals surface area contributed by atoms with Crippen LogP contribution in [0.2, 0.25) is 0 Å². The number of pyridine rings is 1. The maximum absolute atomic E-state index is 13.1. The SMILES string of the molecule is CCCSc1nc(N2CCCC(C3(OC(=O)O)CCC3)C2)ccc1C(=O)NC1CCCCC1. The number of carbonyl (C=O) groups is 2. The molecule has 1 aliphatic heterocycles. The van der Waals surface area contributed by atoms with Gasteiger partial charge in [-0.3, -0.25) is 4.79 Å². The van der Waals surface area contributed by atoms with Crippen LogP contribution in [-0.2, 0) is 4.74 Å². The highest BCUT2D eigenvalue weighted by atomic mass is 32.2. The number of hydrogen-bond acceptors (Lipinski definition) is 6. The summed E-state index contributed by atoms with van der Waals surface area (Å²) in [5.41, 5.74) is 0.130. The lowest BCUT2D eigenvalue weighted by molar-refractivity contribution is -0.110. The van der Waals surface area contributed by atoms with Gasteiger partial charge in [-0.15, -0.1) is 11.8 Å². The van der Waals surface area contributed by atoms with Crippen LogP contribution in [0, 0.1) is 5.92 Å². The molecule has 0 bridgehead atoms. The zero-order chi connectivity index (χ0) is 23.3. The van der Waals surface area contributed by atoms with E-state index in [1.165, 1.54) is 19.3 Å². The van der Waals surface area contributed by atoms with Crippen LogP contribution >= 0.6 is 11.8 Å². The first kappa shape index (κ1) is 24.2. The van der Waals surface area contributed by atoms with Crippen molar-refractivity contribution in [2.45, 2.75) is 94.2 Å². The molecule has 2 N–H and O–H groups in total. The number of amides is 1. The molecule has 1 aromatic heterocycles. The van der Waals surface area contributed by atoms with E-state index in [9.17, 15) is 14.7 Å². The number of hydrogen-bond donors (Lipinski definition) is 2. The Morgan fingerprint density at radius 3 is 2.64 bits per heavy atom. The molecule has 2 heterocycles. The summed E-state index contributed by atoms with van der Waals surface area (Å²) < 4.78 is 5.41. The Bertz CT molecular complexity index is 839. The van der Waals surface area contributed by atoms with Crippen molar-refractivity contribution in [3.05, 3.63) is 17.7 Å². The van der Waals surface area contributed by atoms with Gasteiger partial charge in [0.25, 0.3) is 5.91 Å². The molecule has 1 aromatic rings. The first-order chi connectivity index (χ1) is 16.0.